The van der Waals surface area contributed by atoms with Gasteiger partial charge in [0.15, 0.2) is 0 Å². The molecule has 0 radical (unpaired) electrons. The fraction of sp³-hybridized carbons (Fsp3) is 0.556. The van der Waals surface area contributed by atoms with E-state index in [1.807, 2.05) is 19.1 Å². The standard InChI is InChI=1S/C18H27N3O4/c1-3-11-21(13-16(22)20-14(2)12-18(24)25)17(23)6-4-5-15-7-9-19-10-8-15/h7-10,14H,3-6,11-13H2,1-2H3,(H,20,22)(H,24,25). The van der Waals surface area contributed by atoms with E-state index in [-0.39, 0.29) is 24.8 Å². The van der Waals surface area contributed by atoms with Crippen LogP contribution in [0.2, 0.25) is 0 Å². The number of carboxylic acids is 1. The van der Waals surface area contributed by atoms with E-state index in [2.05, 4.69) is 10.3 Å². The average Bonchev–Trinajstić information content (AvgIpc) is 2.54. The maximum atomic E-state index is 12.4. The minimum absolute atomic E-state index is 0.0358. The van der Waals surface area contributed by atoms with Gasteiger partial charge in [0.1, 0.15) is 0 Å². The molecule has 1 unspecified atom stereocenters. The number of aliphatic carboxylic acids is 1. The summed E-state index contributed by atoms with van der Waals surface area (Å²) in [7, 11) is 0. The molecule has 2 N–H and O–H groups in total. The second-order valence-corrected chi connectivity index (χ2v) is 6.09. The number of aryl methyl sites for hydroxylation is 1. The molecule has 0 bridgehead atoms. The van der Waals surface area contributed by atoms with Gasteiger partial charge in [0.2, 0.25) is 11.8 Å². The quantitative estimate of drug-likeness (QED) is 0.632. The highest BCUT2D eigenvalue weighted by Crippen LogP contribution is 2.06. The molecule has 1 heterocycles. The summed E-state index contributed by atoms with van der Waals surface area (Å²) < 4.78 is 0. The summed E-state index contributed by atoms with van der Waals surface area (Å²) in [5.74, 6) is -1.35. The molecule has 138 valence electrons. The molecule has 1 aromatic rings. The molecule has 0 aromatic carbocycles. The summed E-state index contributed by atoms with van der Waals surface area (Å²) in [6.45, 7) is 4.05. The minimum atomic E-state index is -0.967. The topological polar surface area (TPSA) is 99.6 Å². The van der Waals surface area contributed by atoms with Gasteiger partial charge in [0.05, 0.1) is 13.0 Å². The second kappa shape index (κ2) is 11.2. The lowest BCUT2D eigenvalue weighted by Crippen LogP contribution is -2.44. The number of aromatic nitrogens is 1. The third-order valence-corrected chi connectivity index (χ3v) is 3.67. The van der Waals surface area contributed by atoms with E-state index in [4.69, 9.17) is 5.11 Å². The van der Waals surface area contributed by atoms with E-state index >= 15 is 0 Å². The van der Waals surface area contributed by atoms with Crippen LogP contribution in [0, 0.1) is 0 Å². The number of nitrogens with zero attached hydrogens (tertiary/aromatic N) is 2. The molecule has 0 spiro atoms. The Labute approximate surface area is 148 Å². The number of carbonyl (C=O) groups excluding carboxylic acids is 2. The number of carbonyl (C=O) groups is 3. The van der Waals surface area contributed by atoms with Crippen molar-refractivity contribution >= 4 is 17.8 Å². The Morgan fingerprint density at radius 2 is 1.96 bits per heavy atom. The Morgan fingerprint density at radius 1 is 1.28 bits per heavy atom. The van der Waals surface area contributed by atoms with E-state index in [1.165, 1.54) is 4.90 Å². The van der Waals surface area contributed by atoms with Gasteiger partial charge in [-0.3, -0.25) is 19.4 Å². The fourth-order valence-electron chi connectivity index (χ4n) is 2.52. The van der Waals surface area contributed by atoms with Crippen LogP contribution in [0.4, 0.5) is 0 Å². The fourth-order valence-corrected chi connectivity index (χ4v) is 2.52. The molecule has 0 aliphatic carbocycles. The number of hydrogen-bond acceptors (Lipinski definition) is 4. The molecule has 25 heavy (non-hydrogen) atoms. The van der Waals surface area contributed by atoms with Crippen molar-refractivity contribution in [2.45, 2.75) is 52.0 Å². The molecule has 0 aliphatic heterocycles. The van der Waals surface area contributed by atoms with Crippen LogP contribution in [0.25, 0.3) is 0 Å². The Bertz CT molecular complexity index is 563. The van der Waals surface area contributed by atoms with Crippen LogP contribution in [0.3, 0.4) is 0 Å². The van der Waals surface area contributed by atoms with E-state index in [0.29, 0.717) is 19.4 Å². The highest BCUT2D eigenvalue weighted by atomic mass is 16.4. The largest absolute Gasteiger partial charge is 0.481 e. The molecule has 0 saturated heterocycles. The van der Waals surface area contributed by atoms with Crippen molar-refractivity contribution < 1.29 is 19.5 Å². The summed E-state index contributed by atoms with van der Waals surface area (Å²) in [5.41, 5.74) is 1.13. The molecule has 0 aliphatic rings. The van der Waals surface area contributed by atoms with Gasteiger partial charge in [0.25, 0.3) is 0 Å². The van der Waals surface area contributed by atoms with Crippen LogP contribution in [0.5, 0.6) is 0 Å². The van der Waals surface area contributed by atoms with Gasteiger partial charge >= 0.3 is 5.97 Å². The van der Waals surface area contributed by atoms with Gasteiger partial charge in [-0.2, -0.15) is 0 Å². The third kappa shape index (κ3) is 8.83. The summed E-state index contributed by atoms with van der Waals surface area (Å²) in [4.78, 5) is 40.5. The number of rotatable bonds is 11. The normalized spacial score (nSPS) is 11.6. The number of carboxylic acid groups (broad SMARTS) is 1. The Kier molecular flexibility index (Phi) is 9.21. The number of amides is 2. The lowest BCUT2D eigenvalue weighted by molar-refractivity contribution is -0.139. The summed E-state index contributed by atoms with van der Waals surface area (Å²) in [6.07, 6.45) is 5.94. The number of hydrogen-bond donors (Lipinski definition) is 2. The van der Waals surface area contributed by atoms with Crippen molar-refractivity contribution in [1.29, 1.82) is 0 Å². The minimum Gasteiger partial charge on any atom is -0.481 e. The predicted octanol–water partition coefficient (Wildman–Crippen LogP) is 1.62. The molecule has 7 nitrogen and oxygen atoms in total. The molecule has 1 atom stereocenters. The molecule has 0 saturated carbocycles. The van der Waals surface area contributed by atoms with Crippen molar-refractivity contribution in [1.82, 2.24) is 15.2 Å². The third-order valence-electron chi connectivity index (χ3n) is 3.67. The first-order chi connectivity index (χ1) is 11.9. The first-order valence-electron chi connectivity index (χ1n) is 8.60. The van der Waals surface area contributed by atoms with Gasteiger partial charge in [-0.25, -0.2) is 0 Å². The second-order valence-electron chi connectivity index (χ2n) is 6.09. The van der Waals surface area contributed by atoms with E-state index in [0.717, 1.165) is 18.4 Å². The average molecular weight is 349 g/mol. The summed E-state index contributed by atoms with van der Waals surface area (Å²) >= 11 is 0. The smallest absolute Gasteiger partial charge is 0.305 e. The van der Waals surface area contributed by atoms with Crippen molar-refractivity contribution in [3.63, 3.8) is 0 Å². The van der Waals surface area contributed by atoms with Crippen LogP contribution in [0.15, 0.2) is 24.5 Å². The van der Waals surface area contributed by atoms with Crippen molar-refractivity contribution in [3.05, 3.63) is 30.1 Å². The predicted molar refractivity (Wildman–Crippen MR) is 93.9 cm³/mol. The van der Waals surface area contributed by atoms with Crippen molar-refractivity contribution in [2.24, 2.45) is 0 Å². The zero-order chi connectivity index (χ0) is 18.7. The van der Waals surface area contributed by atoms with E-state index < -0.39 is 12.0 Å². The molecule has 1 rings (SSSR count). The van der Waals surface area contributed by atoms with Crippen molar-refractivity contribution in [3.8, 4) is 0 Å². The van der Waals surface area contributed by atoms with Crippen LogP contribution in [0.1, 0.15) is 45.1 Å². The highest BCUT2D eigenvalue weighted by Gasteiger charge is 2.18. The first-order valence-corrected chi connectivity index (χ1v) is 8.60. The summed E-state index contributed by atoms with van der Waals surface area (Å²) in [6, 6.07) is 3.38. The van der Waals surface area contributed by atoms with Gasteiger partial charge in [-0.15, -0.1) is 0 Å². The van der Waals surface area contributed by atoms with Crippen LogP contribution in [-0.4, -0.2) is 51.9 Å². The SMILES string of the molecule is CCCN(CC(=O)NC(C)CC(=O)O)C(=O)CCCc1ccncc1. The molecule has 2 amide bonds. The molecular formula is C18H27N3O4. The highest BCUT2D eigenvalue weighted by molar-refractivity contribution is 5.85. The molecular weight excluding hydrogens is 322 g/mol. The van der Waals surface area contributed by atoms with Crippen LogP contribution >= 0.6 is 0 Å². The zero-order valence-electron chi connectivity index (χ0n) is 14.9. The number of nitrogens with one attached hydrogen (secondary N) is 1. The van der Waals surface area contributed by atoms with Gasteiger partial charge in [-0.1, -0.05) is 6.92 Å². The lowest BCUT2D eigenvalue weighted by Gasteiger charge is -2.22. The Hall–Kier alpha value is -2.44. The first kappa shape index (κ1) is 20.6. The maximum Gasteiger partial charge on any atom is 0.305 e. The van der Waals surface area contributed by atoms with Crippen molar-refractivity contribution in [2.75, 3.05) is 13.1 Å². The van der Waals surface area contributed by atoms with E-state index in [1.54, 1.807) is 19.3 Å². The van der Waals surface area contributed by atoms with Gasteiger partial charge in [0, 0.05) is 31.4 Å². The van der Waals surface area contributed by atoms with Crippen LogP contribution < -0.4 is 5.32 Å². The maximum absolute atomic E-state index is 12.4. The molecule has 0 fully saturated rings. The van der Waals surface area contributed by atoms with Gasteiger partial charge < -0.3 is 15.3 Å². The number of pyridine rings is 1. The monoisotopic (exact) mass is 349 g/mol. The van der Waals surface area contributed by atoms with Gasteiger partial charge in [-0.05, 0) is 43.9 Å². The summed E-state index contributed by atoms with van der Waals surface area (Å²) in [5, 5.41) is 11.3. The molecule has 7 heteroatoms. The zero-order valence-corrected chi connectivity index (χ0v) is 14.9. The Morgan fingerprint density at radius 3 is 2.56 bits per heavy atom. The molecule has 1 aromatic heterocycles. The lowest BCUT2D eigenvalue weighted by atomic mass is 10.1. The van der Waals surface area contributed by atoms with Crippen LogP contribution in [-0.2, 0) is 20.8 Å². The Balaban J connectivity index is 2.44. The van der Waals surface area contributed by atoms with E-state index in [9.17, 15) is 14.4 Å².